The topological polar surface area (TPSA) is 94.3 Å². The van der Waals surface area contributed by atoms with Gasteiger partial charge in [-0.2, -0.15) is 0 Å². The predicted molar refractivity (Wildman–Crippen MR) is 80.8 cm³/mol. The highest BCUT2D eigenvalue weighted by atomic mass is 32.2. The number of esters is 1. The van der Waals surface area contributed by atoms with Crippen LogP contribution in [0.5, 0.6) is 0 Å². The van der Waals surface area contributed by atoms with E-state index in [0.717, 1.165) is 11.8 Å². The zero-order valence-electron chi connectivity index (χ0n) is 12.2. The number of rotatable bonds is 6. The van der Waals surface area contributed by atoms with Crippen molar-refractivity contribution in [1.82, 2.24) is 10.2 Å². The lowest BCUT2D eigenvalue weighted by Gasteiger charge is -2.05. The standard InChI is InChI=1S/C14H15N3O4S/c1-3-12-16-17-14(21-12)22-8-11(18)15-10-6-4-5-9(7-10)13(19)20-2/h4-7H,3,8H2,1-2H3,(H,15,18). The fourth-order valence-electron chi connectivity index (χ4n) is 1.61. The molecule has 0 aliphatic rings. The Hall–Kier alpha value is -2.35. The van der Waals surface area contributed by atoms with Gasteiger partial charge in [0.05, 0.1) is 18.4 Å². The molecule has 0 aliphatic carbocycles. The van der Waals surface area contributed by atoms with Gasteiger partial charge in [-0.3, -0.25) is 4.79 Å². The number of carbonyl (C=O) groups excluding carboxylic acids is 2. The maximum absolute atomic E-state index is 11.9. The van der Waals surface area contributed by atoms with Crippen molar-refractivity contribution in [1.29, 1.82) is 0 Å². The lowest BCUT2D eigenvalue weighted by Crippen LogP contribution is -2.14. The van der Waals surface area contributed by atoms with Crippen LogP contribution in [0.3, 0.4) is 0 Å². The number of hydrogen-bond donors (Lipinski definition) is 1. The summed E-state index contributed by atoms with van der Waals surface area (Å²) in [6.45, 7) is 1.91. The first-order valence-electron chi connectivity index (χ1n) is 6.55. The molecule has 1 amide bonds. The molecular formula is C14H15N3O4S. The van der Waals surface area contributed by atoms with Crippen LogP contribution in [0.15, 0.2) is 33.9 Å². The number of amides is 1. The molecule has 0 bridgehead atoms. The van der Waals surface area contributed by atoms with Crippen molar-refractivity contribution < 1.29 is 18.7 Å². The predicted octanol–water partition coefficient (Wildman–Crippen LogP) is 2.15. The Morgan fingerprint density at radius 1 is 1.36 bits per heavy atom. The number of ether oxygens (including phenoxy) is 1. The molecule has 2 aromatic rings. The van der Waals surface area contributed by atoms with Crippen molar-refractivity contribution in [2.24, 2.45) is 0 Å². The first-order valence-corrected chi connectivity index (χ1v) is 7.54. The highest BCUT2D eigenvalue weighted by Gasteiger charge is 2.10. The van der Waals surface area contributed by atoms with Gasteiger partial charge in [-0.05, 0) is 18.2 Å². The average Bonchev–Trinajstić information content (AvgIpc) is 3.00. The molecular weight excluding hydrogens is 306 g/mol. The Kier molecular flexibility index (Phi) is 5.54. The first-order chi connectivity index (χ1) is 10.6. The second kappa shape index (κ2) is 7.60. The van der Waals surface area contributed by atoms with Gasteiger partial charge in [0, 0.05) is 12.1 Å². The summed E-state index contributed by atoms with van der Waals surface area (Å²) in [5.41, 5.74) is 0.894. The number of aromatic nitrogens is 2. The Morgan fingerprint density at radius 3 is 2.86 bits per heavy atom. The van der Waals surface area contributed by atoms with E-state index in [2.05, 4.69) is 20.3 Å². The summed E-state index contributed by atoms with van der Waals surface area (Å²) in [6.07, 6.45) is 0.653. The molecule has 116 valence electrons. The van der Waals surface area contributed by atoms with Gasteiger partial charge in [-0.25, -0.2) is 4.79 Å². The fourth-order valence-corrected chi connectivity index (χ4v) is 2.19. The van der Waals surface area contributed by atoms with Crippen LogP contribution in [-0.2, 0) is 16.0 Å². The van der Waals surface area contributed by atoms with Gasteiger partial charge in [0.15, 0.2) is 0 Å². The summed E-state index contributed by atoms with van der Waals surface area (Å²) in [4.78, 5) is 23.3. The van der Waals surface area contributed by atoms with E-state index in [0.29, 0.717) is 28.8 Å². The lowest BCUT2D eigenvalue weighted by molar-refractivity contribution is -0.113. The molecule has 1 aromatic heterocycles. The largest absolute Gasteiger partial charge is 0.465 e. The molecule has 0 unspecified atom stereocenters. The Balaban J connectivity index is 1.90. The number of benzene rings is 1. The summed E-state index contributed by atoms with van der Waals surface area (Å²) in [7, 11) is 1.30. The number of nitrogens with one attached hydrogen (secondary N) is 1. The molecule has 0 fully saturated rings. The third-order valence-electron chi connectivity index (χ3n) is 2.64. The van der Waals surface area contributed by atoms with E-state index < -0.39 is 5.97 Å². The molecule has 1 heterocycles. The van der Waals surface area contributed by atoms with Crippen molar-refractivity contribution in [3.05, 3.63) is 35.7 Å². The normalized spacial score (nSPS) is 10.3. The van der Waals surface area contributed by atoms with Crippen LogP contribution in [0.25, 0.3) is 0 Å². The van der Waals surface area contributed by atoms with Crippen molar-refractivity contribution in [2.75, 3.05) is 18.2 Å². The van der Waals surface area contributed by atoms with Gasteiger partial charge >= 0.3 is 5.97 Å². The summed E-state index contributed by atoms with van der Waals surface area (Å²) in [5.74, 6) is -0.0197. The fraction of sp³-hybridized carbons (Fsp3) is 0.286. The zero-order chi connectivity index (χ0) is 15.9. The number of anilines is 1. The van der Waals surface area contributed by atoms with Crippen molar-refractivity contribution in [3.8, 4) is 0 Å². The monoisotopic (exact) mass is 321 g/mol. The lowest BCUT2D eigenvalue weighted by atomic mass is 10.2. The van der Waals surface area contributed by atoms with E-state index in [9.17, 15) is 9.59 Å². The number of nitrogens with zero attached hydrogens (tertiary/aromatic N) is 2. The van der Waals surface area contributed by atoms with E-state index >= 15 is 0 Å². The van der Waals surface area contributed by atoms with Gasteiger partial charge < -0.3 is 14.5 Å². The molecule has 1 aromatic carbocycles. The minimum atomic E-state index is -0.455. The molecule has 2 rings (SSSR count). The third-order valence-corrected chi connectivity index (χ3v) is 3.46. The SMILES string of the molecule is CCc1nnc(SCC(=O)Nc2cccc(C(=O)OC)c2)o1. The summed E-state index contributed by atoms with van der Waals surface area (Å²) >= 11 is 1.16. The highest BCUT2D eigenvalue weighted by molar-refractivity contribution is 7.99. The van der Waals surface area contributed by atoms with Crippen LogP contribution in [0.2, 0.25) is 0 Å². The van der Waals surface area contributed by atoms with E-state index in [4.69, 9.17) is 4.42 Å². The molecule has 0 saturated heterocycles. The van der Waals surface area contributed by atoms with E-state index in [1.807, 2.05) is 6.92 Å². The summed E-state index contributed by atoms with van der Waals surface area (Å²) in [6, 6.07) is 6.52. The van der Waals surface area contributed by atoms with Gasteiger partial charge in [0.2, 0.25) is 11.8 Å². The maximum Gasteiger partial charge on any atom is 0.337 e. The second-order valence-electron chi connectivity index (χ2n) is 4.22. The second-order valence-corrected chi connectivity index (χ2v) is 5.15. The number of methoxy groups -OCH3 is 1. The van der Waals surface area contributed by atoms with Crippen LogP contribution in [0, 0.1) is 0 Å². The van der Waals surface area contributed by atoms with Crippen molar-refractivity contribution in [2.45, 2.75) is 18.6 Å². The number of aryl methyl sites for hydroxylation is 1. The third kappa shape index (κ3) is 4.32. The molecule has 22 heavy (non-hydrogen) atoms. The Labute approximate surface area is 131 Å². The maximum atomic E-state index is 11.9. The molecule has 0 spiro atoms. The van der Waals surface area contributed by atoms with Crippen molar-refractivity contribution in [3.63, 3.8) is 0 Å². The molecule has 1 N–H and O–H groups in total. The minimum Gasteiger partial charge on any atom is -0.465 e. The molecule has 7 nitrogen and oxygen atoms in total. The van der Waals surface area contributed by atoms with Crippen molar-refractivity contribution >= 4 is 29.3 Å². The average molecular weight is 321 g/mol. The van der Waals surface area contributed by atoms with Gasteiger partial charge in [0.25, 0.3) is 5.22 Å². The smallest absolute Gasteiger partial charge is 0.337 e. The van der Waals surface area contributed by atoms with Gasteiger partial charge in [-0.1, -0.05) is 24.8 Å². The Morgan fingerprint density at radius 2 is 2.18 bits per heavy atom. The number of carbonyl (C=O) groups is 2. The molecule has 0 aliphatic heterocycles. The zero-order valence-corrected chi connectivity index (χ0v) is 13.0. The summed E-state index contributed by atoms with van der Waals surface area (Å²) in [5, 5.41) is 10.7. The first kappa shape index (κ1) is 16.0. The van der Waals surface area contributed by atoms with Crippen LogP contribution in [0.4, 0.5) is 5.69 Å². The van der Waals surface area contributed by atoms with Crippen LogP contribution >= 0.6 is 11.8 Å². The molecule has 8 heteroatoms. The van der Waals surface area contributed by atoms with Crippen LogP contribution in [0.1, 0.15) is 23.2 Å². The number of thioether (sulfide) groups is 1. The highest BCUT2D eigenvalue weighted by Crippen LogP contribution is 2.17. The van der Waals surface area contributed by atoms with E-state index in [1.54, 1.807) is 24.3 Å². The number of hydrogen-bond acceptors (Lipinski definition) is 7. The van der Waals surface area contributed by atoms with E-state index in [1.165, 1.54) is 7.11 Å². The van der Waals surface area contributed by atoms with Gasteiger partial charge in [-0.15, -0.1) is 10.2 Å². The quantitative estimate of drug-likeness (QED) is 0.643. The molecule has 0 saturated carbocycles. The van der Waals surface area contributed by atoms with Crippen LogP contribution < -0.4 is 5.32 Å². The minimum absolute atomic E-state index is 0.133. The van der Waals surface area contributed by atoms with Crippen LogP contribution in [-0.4, -0.2) is 34.9 Å². The molecule has 0 radical (unpaired) electrons. The summed E-state index contributed by atoms with van der Waals surface area (Å²) < 4.78 is 9.93. The Bertz CT molecular complexity index is 672. The van der Waals surface area contributed by atoms with Gasteiger partial charge in [0.1, 0.15) is 0 Å². The molecule has 0 atom stereocenters. The van der Waals surface area contributed by atoms with E-state index in [-0.39, 0.29) is 11.7 Å².